The van der Waals surface area contributed by atoms with E-state index in [4.69, 9.17) is 5.73 Å². The quantitative estimate of drug-likeness (QED) is 0.525. The first-order chi connectivity index (χ1) is 9.99. The Morgan fingerprint density at radius 3 is 2.76 bits per heavy atom. The Morgan fingerprint density at radius 1 is 1.38 bits per heavy atom. The first kappa shape index (κ1) is 14.4. The van der Waals surface area contributed by atoms with E-state index in [0.29, 0.717) is 11.4 Å². The summed E-state index contributed by atoms with van der Waals surface area (Å²) in [5.41, 5.74) is 6.32. The van der Waals surface area contributed by atoms with Crippen LogP contribution in [0.1, 0.15) is 16.1 Å². The van der Waals surface area contributed by atoms with Crippen molar-refractivity contribution in [2.45, 2.75) is 6.54 Å². The summed E-state index contributed by atoms with van der Waals surface area (Å²) in [6.45, 7) is 0.256. The van der Waals surface area contributed by atoms with E-state index in [-0.39, 0.29) is 17.8 Å². The van der Waals surface area contributed by atoms with Gasteiger partial charge >= 0.3 is 0 Å². The van der Waals surface area contributed by atoms with Crippen molar-refractivity contribution in [3.63, 3.8) is 0 Å². The van der Waals surface area contributed by atoms with Gasteiger partial charge in [-0.3, -0.25) is 19.9 Å². The highest BCUT2D eigenvalue weighted by atomic mass is 16.6. The molecule has 0 aliphatic carbocycles. The minimum absolute atomic E-state index is 0.0292. The molecule has 0 radical (unpaired) electrons. The summed E-state index contributed by atoms with van der Waals surface area (Å²) < 4.78 is 0. The zero-order valence-electron chi connectivity index (χ0n) is 11.4. The van der Waals surface area contributed by atoms with Gasteiger partial charge in [0.15, 0.2) is 0 Å². The number of hydrogen-bond acceptors (Lipinski definition) is 5. The van der Waals surface area contributed by atoms with E-state index in [9.17, 15) is 14.9 Å². The van der Waals surface area contributed by atoms with Crippen LogP contribution in [0.15, 0.2) is 42.6 Å². The van der Waals surface area contributed by atoms with Gasteiger partial charge in [0.05, 0.1) is 17.2 Å². The Balaban J connectivity index is 2.27. The molecule has 0 aliphatic rings. The lowest BCUT2D eigenvalue weighted by Gasteiger charge is -2.17. The highest BCUT2D eigenvalue weighted by Crippen LogP contribution is 2.22. The molecule has 0 unspecified atom stereocenters. The molecule has 1 amide bonds. The van der Waals surface area contributed by atoms with E-state index >= 15 is 0 Å². The normalized spacial score (nSPS) is 10.1. The van der Waals surface area contributed by atoms with Crippen molar-refractivity contribution in [1.82, 2.24) is 9.88 Å². The Hall–Kier alpha value is -2.96. The van der Waals surface area contributed by atoms with Gasteiger partial charge in [-0.1, -0.05) is 6.07 Å². The van der Waals surface area contributed by atoms with E-state index in [1.807, 2.05) is 6.07 Å². The molecule has 108 valence electrons. The number of benzene rings is 1. The number of nitro benzene ring substituents is 1. The molecular weight excluding hydrogens is 272 g/mol. The number of anilines is 1. The number of nitrogens with two attached hydrogens (primary N) is 1. The maximum Gasteiger partial charge on any atom is 0.282 e. The molecule has 21 heavy (non-hydrogen) atoms. The Morgan fingerprint density at radius 2 is 2.14 bits per heavy atom. The van der Waals surface area contributed by atoms with Crippen molar-refractivity contribution < 1.29 is 9.72 Å². The molecule has 0 aliphatic heterocycles. The number of rotatable bonds is 4. The number of carbonyl (C=O) groups excluding carboxylic acids is 1. The standard InChI is InChI=1S/C14H14N4O3/c1-17(9-11-4-2-3-7-16-11)14(19)12-8-10(15)5-6-13(12)18(20)21/h2-8H,9,15H2,1H3. The van der Waals surface area contributed by atoms with Gasteiger partial charge in [0.2, 0.25) is 0 Å². The zero-order chi connectivity index (χ0) is 15.4. The number of nitro groups is 1. The van der Waals surface area contributed by atoms with Crippen molar-refractivity contribution >= 4 is 17.3 Å². The van der Waals surface area contributed by atoms with Crippen LogP contribution in [0.3, 0.4) is 0 Å². The number of nitrogen functional groups attached to an aromatic ring is 1. The van der Waals surface area contributed by atoms with Gasteiger partial charge in [0.1, 0.15) is 5.56 Å². The molecule has 0 spiro atoms. The fourth-order valence-corrected chi connectivity index (χ4v) is 1.90. The van der Waals surface area contributed by atoms with Gasteiger partial charge in [-0.2, -0.15) is 0 Å². The summed E-state index contributed by atoms with van der Waals surface area (Å²) in [6.07, 6.45) is 1.62. The smallest absolute Gasteiger partial charge is 0.282 e. The average molecular weight is 286 g/mol. The van der Waals surface area contributed by atoms with E-state index in [1.165, 1.54) is 23.1 Å². The van der Waals surface area contributed by atoms with E-state index in [0.717, 1.165) is 0 Å². The minimum Gasteiger partial charge on any atom is -0.399 e. The van der Waals surface area contributed by atoms with Gasteiger partial charge in [-0.25, -0.2) is 0 Å². The number of pyridine rings is 1. The Bertz CT molecular complexity index is 673. The average Bonchev–Trinajstić information content (AvgIpc) is 2.47. The molecule has 7 nitrogen and oxygen atoms in total. The van der Waals surface area contributed by atoms with Gasteiger partial charge in [0.25, 0.3) is 11.6 Å². The summed E-state index contributed by atoms with van der Waals surface area (Å²) >= 11 is 0. The molecular formula is C14H14N4O3. The maximum atomic E-state index is 12.4. The molecule has 1 aromatic carbocycles. The third kappa shape index (κ3) is 3.33. The second kappa shape index (κ2) is 6.00. The van der Waals surface area contributed by atoms with Crippen LogP contribution in [0.25, 0.3) is 0 Å². The Labute approximate surface area is 121 Å². The number of amides is 1. The lowest BCUT2D eigenvalue weighted by molar-refractivity contribution is -0.385. The van der Waals surface area contributed by atoms with Gasteiger partial charge in [-0.05, 0) is 24.3 Å². The lowest BCUT2D eigenvalue weighted by Crippen LogP contribution is -2.27. The third-order valence-corrected chi connectivity index (χ3v) is 2.92. The summed E-state index contributed by atoms with van der Waals surface area (Å²) in [7, 11) is 1.56. The number of carbonyl (C=O) groups is 1. The third-order valence-electron chi connectivity index (χ3n) is 2.92. The molecule has 0 saturated carbocycles. The molecule has 0 saturated heterocycles. The second-order valence-electron chi connectivity index (χ2n) is 4.52. The molecule has 2 aromatic rings. The lowest BCUT2D eigenvalue weighted by atomic mass is 10.1. The van der Waals surface area contributed by atoms with Crippen LogP contribution in [-0.2, 0) is 6.54 Å². The first-order valence-electron chi connectivity index (χ1n) is 6.18. The number of aromatic nitrogens is 1. The van der Waals surface area contributed by atoms with E-state index < -0.39 is 10.8 Å². The molecule has 1 aromatic heterocycles. The maximum absolute atomic E-state index is 12.4. The molecule has 0 fully saturated rings. The Kier molecular flexibility index (Phi) is 4.13. The fourth-order valence-electron chi connectivity index (χ4n) is 1.90. The highest BCUT2D eigenvalue weighted by Gasteiger charge is 2.23. The van der Waals surface area contributed by atoms with Crippen LogP contribution >= 0.6 is 0 Å². The van der Waals surface area contributed by atoms with E-state index in [1.54, 1.807) is 25.4 Å². The molecule has 1 heterocycles. The summed E-state index contributed by atoms with van der Waals surface area (Å²) in [5.74, 6) is -0.473. The van der Waals surface area contributed by atoms with Crippen LogP contribution in [0.5, 0.6) is 0 Å². The largest absolute Gasteiger partial charge is 0.399 e. The van der Waals surface area contributed by atoms with Gasteiger partial charge < -0.3 is 10.6 Å². The van der Waals surface area contributed by atoms with Crippen molar-refractivity contribution in [2.24, 2.45) is 0 Å². The number of nitrogens with zero attached hydrogens (tertiary/aromatic N) is 3. The molecule has 7 heteroatoms. The van der Waals surface area contributed by atoms with Crippen molar-refractivity contribution in [3.8, 4) is 0 Å². The van der Waals surface area contributed by atoms with Gasteiger partial charge in [0, 0.05) is 25.0 Å². The topological polar surface area (TPSA) is 102 Å². The van der Waals surface area contributed by atoms with Crippen LogP contribution in [0.2, 0.25) is 0 Å². The highest BCUT2D eigenvalue weighted by molar-refractivity contribution is 5.98. The zero-order valence-corrected chi connectivity index (χ0v) is 11.4. The van der Waals surface area contributed by atoms with Crippen LogP contribution in [0, 0.1) is 10.1 Å². The monoisotopic (exact) mass is 286 g/mol. The summed E-state index contributed by atoms with van der Waals surface area (Å²) in [5, 5.41) is 11.0. The minimum atomic E-state index is -0.596. The van der Waals surface area contributed by atoms with Crippen molar-refractivity contribution in [2.75, 3.05) is 12.8 Å². The summed E-state index contributed by atoms with van der Waals surface area (Å²) in [4.78, 5) is 28.3. The summed E-state index contributed by atoms with van der Waals surface area (Å²) in [6, 6.07) is 9.30. The first-order valence-corrected chi connectivity index (χ1v) is 6.18. The van der Waals surface area contributed by atoms with Crippen LogP contribution < -0.4 is 5.73 Å². The van der Waals surface area contributed by atoms with Crippen molar-refractivity contribution in [1.29, 1.82) is 0 Å². The van der Waals surface area contributed by atoms with Gasteiger partial charge in [-0.15, -0.1) is 0 Å². The molecule has 2 N–H and O–H groups in total. The number of hydrogen-bond donors (Lipinski definition) is 1. The predicted molar refractivity (Wildman–Crippen MR) is 77.5 cm³/mol. The predicted octanol–water partition coefficient (Wildman–Crippen LogP) is 1.84. The van der Waals surface area contributed by atoms with E-state index in [2.05, 4.69) is 4.98 Å². The van der Waals surface area contributed by atoms with Crippen molar-refractivity contribution in [3.05, 3.63) is 64.0 Å². The molecule has 2 rings (SSSR count). The van der Waals surface area contributed by atoms with Crippen LogP contribution in [-0.4, -0.2) is 27.8 Å². The SMILES string of the molecule is CN(Cc1ccccn1)C(=O)c1cc(N)ccc1[N+](=O)[O-]. The van der Waals surface area contributed by atoms with Crippen LogP contribution in [0.4, 0.5) is 11.4 Å². The molecule has 0 atom stereocenters. The molecule has 0 bridgehead atoms. The second-order valence-corrected chi connectivity index (χ2v) is 4.52. The fraction of sp³-hybridized carbons (Fsp3) is 0.143.